The van der Waals surface area contributed by atoms with E-state index < -0.39 is 12.0 Å². The van der Waals surface area contributed by atoms with Crippen LogP contribution in [0.1, 0.15) is 11.6 Å². The number of tetrazole rings is 1. The van der Waals surface area contributed by atoms with Crippen molar-refractivity contribution >= 4 is 5.97 Å². The van der Waals surface area contributed by atoms with Gasteiger partial charge >= 0.3 is 0 Å². The van der Waals surface area contributed by atoms with E-state index in [1.165, 1.54) is 11.0 Å². The molecule has 0 saturated heterocycles. The summed E-state index contributed by atoms with van der Waals surface area (Å²) in [6.07, 6.45) is 1.57. The fraction of sp³-hybridized carbons (Fsp3) is 0.200. The average molecular weight is 217 g/mol. The molecule has 1 atom stereocenters. The maximum absolute atomic E-state index is 11.0. The standard InChI is InChI=1S/C10H10N4O2/c15-10(16)9(14-7-11-12-13-14)6-8-4-2-1-3-5-8/h1-5,7,9H,6H2,(H,15,16)/p-1/t9-/m1/s1. The monoisotopic (exact) mass is 217 g/mol. The summed E-state index contributed by atoms with van der Waals surface area (Å²) in [4.78, 5) is 11.0. The maximum Gasteiger partial charge on any atom is 0.138 e. The van der Waals surface area contributed by atoms with Crippen molar-refractivity contribution in [2.75, 3.05) is 0 Å². The number of carboxylic acids is 1. The number of carbonyl (C=O) groups is 1. The van der Waals surface area contributed by atoms with Gasteiger partial charge in [0, 0.05) is 6.42 Å². The van der Waals surface area contributed by atoms with Crippen LogP contribution >= 0.6 is 0 Å². The number of aliphatic carboxylic acids is 1. The van der Waals surface area contributed by atoms with E-state index in [4.69, 9.17) is 0 Å². The van der Waals surface area contributed by atoms with Crippen LogP contribution in [0.25, 0.3) is 0 Å². The van der Waals surface area contributed by atoms with E-state index in [0.29, 0.717) is 6.42 Å². The number of carbonyl (C=O) groups excluding carboxylic acids is 1. The average Bonchev–Trinajstić information content (AvgIpc) is 2.80. The van der Waals surface area contributed by atoms with Gasteiger partial charge < -0.3 is 9.90 Å². The third-order valence-corrected chi connectivity index (χ3v) is 2.23. The highest BCUT2D eigenvalue weighted by Crippen LogP contribution is 2.11. The highest BCUT2D eigenvalue weighted by molar-refractivity contribution is 5.69. The van der Waals surface area contributed by atoms with Crippen molar-refractivity contribution in [3.8, 4) is 0 Å². The van der Waals surface area contributed by atoms with Crippen molar-refractivity contribution in [3.63, 3.8) is 0 Å². The molecule has 0 unspecified atom stereocenters. The van der Waals surface area contributed by atoms with Crippen molar-refractivity contribution in [2.45, 2.75) is 12.5 Å². The van der Waals surface area contributed by atoms with Crippen LogP contribution in [0, 0.1) is 0 Å². The Labute approximate surface area is 91.5 Å². The number of hydrogen-bond acceptors (Lipinski definition) is 5. The van der Waals surface area contributed by atoms with Gasteiger partial charge in [-0.1, -0.05) is 30.3 Å². The Kier molecular flexibility index (Phi) is 2.90. The summed E-state index contributed by atoms with van der Waals surface area (Å²) >= 11 is 0. The van der Waals surface area contributed by atoms with Gasteiger partial charge in [0.2, 0.25) is 0 Å². The quantitative estimate of drug-likeness (QED) is 0.669. The fourth-order valence-corrected chi connectivity index (χ4v) is 1.43. The van der Waals surface area contributed by atoms with Crippen LogP contribution in [0.4, 0.5) is 0 Å². The molecule has 0 aliphatic rings. The molecule has 6 heteroatoms. The van der Waals surface area contributed by atoms with E-state index >= 15 is 0 Å². The normalized spacial score (nSPS) is 12.2. The van der Waals surface area contributed by atoms with Gasteiger partial charge in [-0.25, -0.2) is 4.68 Å². The summed E-state index contributed by atoms with van der Waals surface area (Å²) in [5.74, 6) is -1.20. The van der Waals surface area contributed by atoms with Gasteiger partial charge in [-0.3, -0.25) is 0 Å². The van der Waals surface area contributed by atoms with Gasteiger partial charge in [0.25, 0.3) is 0 Å². The molecule has 2 rings (SSSR count). The first-order valence-corrected chi connectivity index (χ1v) is 4.74. The zero-order valence-corrected chi connectivity index (χ0v) is 8.35. The summed E-state index contributed by atoms with van der Waals surface area (Å²) in [5.41, 5.74) is 0.896. The lowest BCUT2D eigenvalue weighted by molar-refractivity contribution is -0.310. The van der Waals surface area contributed by atoms with E-state index in [1.807, 2.05) is 30.3 Å². The van der Waals surface area contributed by atoms with Crippen molar-refractivity contribution in [1.82, 2.24) is 20.2 Å². The van der Waals surface area contributed by atoms with E-state index in [-0.39, 0.29) is 0 Å². The third kappa shape index (κ3) is 2.22. The highest BCUT2D eigenvalue weighted by atomic mass is 16.4. The predicted molar refractivity (Wildman–Crippen MR) is 52.0 cm³/mol. The molecule has 0 fully saturated rings. The van der Waals surface area contributed by atoms with Crippen LogP contribution in [-0.2, 0) is 11.2 Å². The second-order valence-electron chi connectivity index (χ2n) is 3.31. The minimum atomic E-state index is -1.20. The number of nitrogens with zero attached hydrogens (tertiary/aromatic N) is 4. The number of benzene rings is 1. The molecule has 1 aromatic heterocycles. The second kappa shape index (κ2) is 4.52. The van der Waals surface area contributed by atoms with Crippen molar-refractivity contribution in [3.05, 3.63) is 42.2 Å². The Balaban J connectivity index is 2.19. The van der Waals surface area contributed by atoms with Crippen LogP contribution in [0.5, 0.6) is 0 Å². The predicted octanol–water partition coefficient (Wildman–Crippen LogP) is -0.793. The van der Waals surface area contributed by atoms with E-state index in [0.717, 1.165) is 5.56 Å². The van der Waals surface area contributed by atoms with Gasteiger partial charge in [0.15, 0.2) is 0 Å². The number of hydrogen-bond donors (Lipinski definition) is 0. The van der Waals surface area contributed by atoms with E-state index in [2.05, 4.69) is 15.5 Å². The molecule has 0 bridgehead atoms. The Bertz CT molecular complexity index is 455. The first kappa shape index (κ1) is 10.3. The van der Waals surface area contributed by atoms with Crippen molar-refractivity contribution < 1.29 is 9.90 Å². The van der Waals surface area contributed by atoms with Crippen LogP contribution in [-0.4, -0.2) is 26.2 Å². The zero-order chi connectivity index (χ0) is 11.4. The van der Waals surface area contributed by atoms with Crippen LogP contribution in [0.2, 0.25) is 0 Å². The molecule has 0 aliphatic heterocycles. The maximum atomic E-state index is 11.0. The fourth-order valence-electron chi connectivity index (χ4n) is 1.43. The SMILES string of the molecule is O=C([O-])[C@@H](Cc1ccccc1)n1cnnn1. The summed E-state index contributed by atoms with van der Waals surface area (Å²) in [6.45, 7) is 0. The molecule has 0 N–H and O–H groups in total. The lowest BCUT2D eigenvalue weighted by atomic mass is 10.1. The molecular formula is C10H9N4O2-. The molecule has 82 valence electrons. The largest absolute Gasteiger partial charge is 0.548 e. The first-order valence-electron chi connectivity index (χ1n) is 4.74. The summed E-state index contributed by atoms with van der Waals surface area (Å²) in [6, 6.07) is 8.38. The topological polar surface area (TPSA) is 83.7 Å². The minimum Gasteiger partial charge on any atom is -0.548 e. The minimum absolute atomic E-state index is 0.300. The highest BCUT2D eigenvalue weighted by Gasteiger charge is 2.14. The molecule has 0 radical (unpaired) electrons. The van der Waals surface area contributed by atoms with E-state index in [9.17, 15) is 9.90 Å². The Morgan fingerprint density at radius 1 is 1.38 bits per heavy atom. The Morgan fingerprint density at radius 2 is 2.12 bits per heavy atom. The van der Waals surface area contributed by atoms with Gasteiger partial charge in [-0.15, -0.1) is 5.10 Å². The molecule has 6 nitrogen and oxygen atoms in total. The number of aromatic nitrogens is 4. The number of carboxylic acid groups (broad SMARTS) is 1. The van der Waals surface area contributed by atoms with Gasteiger partial charge in [0.1, 0.15) is 6.33 Å². The van der Waals surface area contributed by atoms with Crippen LogP contribution < -0.4 is 5.11 Å². The van der Waals surface area contributed by atoms with Gasteiger partial charge in [0.05, 0.1) is 12.0 Å². The zero-order valence-electron chi connectivity index (χ0n) is 8.35. The van der Waals surface area contributed by atoms with Crippen LogP contribution in [0.15, 0.2) is 36.7 Å². The summed E-state index contributed by atoms with van der Waals surface area (Å²) in [5, 5.41) is 21.4. The number of rotatable bonds is 4. The lowest BCUT2D eigenvalue weighted by Gasteiger charge is -2.16. The molecular weight excluding hydrogens is 208 g/mol. The molecule has 1 heterocycles. The third-order valence-electron chi connectivity index (χ3n) is 2.23. The van der Waals surface area contributed by atoms with Crippen molar-refractivity contribution in [1.29, 1.82) is 0 Å². The molecule has 0 saturated carbocycles. The lowest BCUT2D eigenvalue weighted by Crippen LogP contribution is -2.35. The molecule has 1 aromatic carbocycles. The van der Waals surface area contributed by atoms with E-state index in [1.54, 1.807) is 0 Å². The summed E-state index contributed by atoms with van der Waals surface area (Å²) < 4.78 is 1.18. The Morgan fingerprint density at radius 3 is 2.69 bits per heavy atom. The summed E-state index contributed by atoms with van der Waals surface area (Å²) in [7, 11) is 0. The van der Waals surface area contributed by atoms with Crippen LogP contribution in [0.3, 0.4) is 0 Å². The first-order chi connectivity index (χ1) is 7.77. The van der Waals surface area contributed by atoms with Gasteiger partial charge in [-0.05, 0) is 16.0 Å². The van der Waals surface area contributed by atoms with Gasteiger partial charge in [-0.2, -0.15) is 0 Å². The van der Waals surface area contributed by atoms with Crippen molar-refractivity contribution in [2.24, 2.45) is 0 Å². The molecule has 0 aliphatic carbocycles. The second-order valence-corrected chi connectivity index (χ2v) is 3.31. The Hall–Kier alpha value is -2.24. The molecule has 0 spiro atoms. The molecule has 2 aromatic rings. The molecule has 0 amide bonds. The smallest absolute Gasteiger partial charge is 0.138 e. The molecule has 16 heavy (non-hydrogen) atoms.